The van der Waals surface area contributed by atoms with Gasteiger partial charge < -0.3 is 43.7 Å². The molecule has 330 valence electrons. The van der Waals surface area contributed by atoms with Crippen LogP contribution in [0.5, 0.6) is 0 Å². The number of ether oxygens (including phenoxy) is 6. The highest BCUT2D eigenvalue weighted by Gasteiger charge is 2.57. The minimum Gasteiger partial charge on any atom is -0.458 e. The minimum absolute atomic E-state index is 0.191. The van der Waals surface area contributed by atoms with Crippen LogP contribution in [0.25, 0.3) is 11.8 Å². The summed E-state index contributed by atoms with van der Waals surface area (Å²) in [6.07, 6.45) is -2.74. The molecule has 1 aromatic carbocycles. The van der Waals surface area contributed by atoms with Gasteiger partial charge in [-0.15, -0.1) is 0 Å². The number of ketones is 2. The topological polar surface area (TPSA) is 194 Å². The van der Waals surface area contributed by atoms with Gasteiger partial charge in [-0.05, 0) is 90.9 Å². The van der Waals surface area contributed by atoms with E-state index in [4.69, 9.17) is 28.4 Å². The molecule has 0 radical (unpaired) electrons. The Morgan fingerprint density at radius 1 is 1.07 bits per heavy atom. The van der Waals surface area contributed by atoms with Gasteiger partial charge in [-0.1, -0.05) is 39.8 Å². The zero-order valence-electron chi connectivity index (χ0n) is 36.0. The van der Waals surface area contributed by atoms with E-state index in [1.54, 1.807) is 96.1 Å². The van der Waals surface area contributed by atoms with Crippen LogP contribution in [0.15, 0.2) is 48.6 Å². The van der Waals surface area contributed by atoms with Crippen LogP contribution in [0.2, 0.25) is 0 Å². The monoisotopic (exact) mass is 842 g/mol. The molecule has 0 spiro atoms. The van der Waals surface area contributed by atoms with Crippen molar-refractivity contribution in [2.24, 2.45) is 23.7 Å². The predicted octanol–water partition coefficient (Wildman–Crippen LogP) is 5.18. The summed E-state index contributed by atoms with van der Waals surface area (Å²) in [5, 5.41) is 18.4. The minimum atomic E-state index is -1.93. The fraction of sp³-hybridized carbons (Fsp3) is 0.628. The lowest BCUT2D eigenvalue weighted by atomic mass is 9.73. The standard InChI is InChI=1S/C43H59FN4O12/c1-11-32-43(8)36(46-40(53)59-43)25(4)33(49)23(2)21-42(7,60-41(54)55-22-29(44)20-28-13-15-30(16-14-28)48-18-12-17-45-48)37(26(5)34(50)27(6)38(52)57-32)58-39-35(51)31(47(9)10)19-24(3)56-39/h12-18,20,23-27,31-32,35-37,39,51H,11,19,21-22H2,1-10H3,(H,46,53)/b29-20-/t23-,24-,25+,26+,27-,31+,32-,35-,36-,37-,39+,42-,43-/m1/s1. The van der Waals surface area contributed by atoms with Crippen LogP contribution in [-0.2, 0) is 42.8 Å². The molecule has 3 saturated heterocycles. The highest BCUT2D eigenvalue weighted by atomic mass is 19.1. The van der Waals surface area contributed by atoms with Crippen molar-refractivity contribution in [3.63, 3.8) is 0 Å². The third-order valence-electron chi connectivity index (χ3n) is 12.1. The second-order valence-corrected chi connectivity index (χ2v) is 17.0. The van der Waals surface area contributed by atoms with Gasteiger partial charge >= 0.3 is 18.2 Å². The molecule has 5 rings (SSSR count). The maximum atomic E-state index is 15.3. The molecule has 0 aliphatic carbocycles. The fourth-order valence-electron chi connectivity index (χ4n) is 8.80. The first kappa shape index (κ1) is 46.4. The van der Waals surface area contributed by atoms with E-state index in [1.165, 1.54) is 26.8 Å². The van der Waals surface area contributed by atoms with Crippen LogP contribution in [0.3, 0.4) is 0 Å². The van der Waals surface area contributed by atoms with Gasteiger partial charge in [0.25, 0.3) is 0 Å². The van der Waals surface area contributed by atoms with Crippen molar-refractivity contribution in [2.75, 3.05) is 20.7 Å². The average molecular weight is 843 g/mol. The molecule has 0 saturated carbocycles. The molecule has 60 heavy (non-hydrogen) atoms. The van der Waals surface area contributed by atoms with E-state index in [-0.39, 0.29) is 18.6 Å². The number of carbonyl (C=O) groups excluding carboxylic acids is 5. The summed E-state index contributed by atoms with van der Waals surface area (Å²) in [4.78, 5) is 70.8. The zero-order chi connectivity index (χ0) is 44.3. The van der Waals surface area contributed by atoms with Crippen LogP contribution >= 0.6 is 0 Å². The number of fused-ring (bicyclic) bond motifs is 1. The van der Waals surface area contributed by atoms with Crippen LogP contribution in [0, 0.1) is 23.7 Å². The number of hydrogen-bond donors (Lipinski definition) is 2. The number of halogens is 1. The lowest BCUT2D eigenvalue weighted by molar-refractivity contribution is -0.293. The molecule has 0 bridgehead atoms. The molecule has 2 N–H and O–H groups in total. The van der Waals surface area contributed by atoms with Gasteiger partial charge in [0.05, 0.1) is 17.8 Å². The van der Waals surface area contributed by atoms with Crippen molar-refractivity contribution in [2.45, 2.75) is 129 Å². The summed E-state index contributed by atoms with van der Waals surface area (Å²) >= 11 is 0. The van der Waals surface area contributed by atoms with Crippen molar-refractivity contribution < 1.29 is 61.9 Å². The third-order valence-corrected chi connectivity index (χ3v) is 12.1. The summed E-state index contributed by atoms with van der Waals surface area (Å²) in [7, 11) is 3.58. The Bertz CT molecular complexity index is 1890. The molecule has 1 aromatic heterocycles. The van der Waals surface area contributed by atoms with E-state index >= 15 is 4.39 Å². The second-order valence-electron chi connectivity index (χ2n) is 17.0. The molecule has 0 unspecified atom stereocenters. The van der Waals surface area contributed by atoms with Crippen molar-refractivity contribution in [1.82, 2.24) is 20.0 Å². The van der Waals surface area contributed by atoms with Crippen LogP contribution < -0.4 is 5.32 Å². The maximum absolute atomic E-state index is 15.3. The van der Waals surface area contributed by atoms with E-state index in [9.17, 15) is 29.1 Å². The van der Waals surface area contributed by atoms with E-state index in [0.29, 0.717) is 12.0 Å². The smallest absolute Gasteiger partial charge is 0.458 e. The van der Waals surface area contributed by atoms with Crippen LogP contribution in [0.4, 0.5) is 14.0 Å². The fourth-order valence-corrected chi connectivity index (χ4v) is 8.80. The molecule has 2 aromatic rings. The van der Waals surface area contributed by atoms with Gasteiger partial charge in [-0.25, -0.2) is 18.7 Å². The average Bonchev–Trinajstić information content (AvgIpc) is 3.85. The first-order valence-electron chi connectivity index (χ1n) is 20.4. The highest BCUT2D eigenvalue weighted by molar-refractivity contribution is 6.00. The third kappa shape index (κ3) is 10.1. The number of aliphatic hydroxyl groups is 1. The summed E-state index contributed by atoms with van der Waals surface area (Å²) < 4.78 is 52.4. The summed E-state index contributed by atoms with van der Waals surface area (Å²) in [5.41, 5.74) is -2.18. The van der Waals surface area contributed by atoms with Crippen molar-refractivity contribution in [1.29, 1.82) is 0 Å². The summed E-state index contributed by atoms with van der Waals surface area (Å²) in [5.74, 6) is -7.32. The number of carbonyl (C=O) groups is 5. The molecular weight excluding hydrogens is 783 g/mol. The SMILES string of the molecule is CC[C@H]1OC(=O)[C@H](C)C(=O)[C@H](C)[C@@H](O[C@@H]2O[C@H](C)C[C@H](N(C)C)[C@H]2O)[C@](C)(OC(=O)OC/C(F)=C/c2ccc(-n3cccn3)cc2)C[C@@H](C)C(=O)[C@H](C)[C@H]2NC(=O)O[C@@]21C. The number of amides is 1. The molecular formula is C43H59FN4O12. The molecule has 16 nitrogen and oxygen atoms in total. The van der Waals surface area contributed by atoms with E-state index in [0.717, 1.165) is 5.69 Å². The van der Waals surface area contributed by atoms with Crippen LogP contribution in [0.1, 0.15) is 80.2 Å². The van der Waals surface area contributed by atoms with Crippen molar-refractivity contribution in [3.05, 3.63) is 54.1 Å². The quantitative estimate of drug-likeness (QED) is 0.191. The Balaban J connectivity index is 1.50. The van der Waals surface area contributed by atoms with Gasteiger partial charge in [-0.3, -0.25) is 14.4 Å². The molecule has 3 aliphatic rings. The number of benzene rings is 1. The van der Waals surface area contributed by atoms with Crippen molar-refractivity contribution in [3.8, 4) is 5.69 Å². The molecule has 3 aliphatic heterocycles. The Hall–Kier alpha value is -4.71. The Morgan fingerprint density at radius 3 is 2.37 bits per heavy atom. The molecule has 4 heterocycles. The summed E-state index contributed by atoms with van der Waals surface area (Å²) in [6.45, 7) is 11.8. The predicted molar refractivity (Wildman–Crippen MR) is 214 cm³/mol. The van der Waals surface area contributed by atoms with E-state index < -0.39 is 114 Å². The number of rotatable bonds is 9. The number of esters is 1. The largest absolute Gasteiger partial charge is 0.509 e. The number of aromatic nitrogens is 2. The lowest BCUT2D eigenvalue weighted by Crippen LogP contribution is -2.60. The lowest BCUT2D eigenvalue weighted by Gasteiger charge is -2.46. The molecule has 3 fully saturated rings. The molecule has 1 amide bonds. The Morgan fingerprint density at radius 2 is 1.75 bits per heavy atom. The number of hydrogen-bond acceptors (Lipinski definition) is 14. The first-order chi connectivity index (χ1) is 28.2. The number of Topliss-reactive ketones (excluding diaryl/α,β-unsaturated/α-hetero) is 2. The number of aliphatic hydroxyl groups excluding tert-OH is 1. The normalized spacial score (nSPS) is 35.8. The van der Waals surface area contributed by atoms with Gasteiger partial charge in [0.1, 0.15) is 48.0 Å². The highest BCUT2D eigenvalue weighted by Crippen LogP contribution is 2.40. The number of cyclic esters (lactones) is 1. The molecule has 17 heteroatoms. The zero-order valence-corrected chi connectivity index (χ0v) is 36.0. The van der Waals surface area contributed by atoms with E-state index in [1.807, 2.05) is 4.90 Å². The van der Waals surface area contributed by atoms with Gasteiger partial charge in [0, 0.05) is 36.2 Å². The number of likely N-dealkylation sites (N-methyl/N-ethyl adjacent to an activating group) is 1. The number of nitrogens with one attached hydrogen (secondary N) is 1. The molecule has 13 atom stereocenters. The summed E-state index contributed by atoms with van der Waals surface area (Å²) in [6, 6.07) is 7.20. The Labute approximate surface area is 350 Å². The van der Waals surface area contributed by atoms with E-state index in [2.05, 4.69) is 10.4 Å². The van der Waals surface area contributed by atoms with Gasteiger partial charge in [0.2, 0.25) is 0 Å². The van der Waals surface area contributed by atoms with Gasteiger partial charge in [0.15, 0.2) is 17.7 Å². The van der Waals surface area contributed by atoms with Crippen LogP contribution in [-0.4, -0.2) is 124 Å². The number of alkyl carbamates (subject to hydrolysis) is 1. The second kappa shape index (κ2) is 18.9. The van der Waals surface area contributed by atoms with Gasteiger partial charge in [-0.2, -0.15) is 5.10 Å². The Kier molecular flexibility index (Phi) is 14.6. The maximum Gasteiger partial charge on any atom is 0.509 e. The van der Waals surface area contributed by atoms with Crippen molar-refractivity contribution >= 4 is 35.9 Å². The first-order valence-corrected chi connectivity index (χ1v) is 20.4. The number of nitrogens with zero attached hydrogens (tertiary/aromatic N) is 3.